The fraction of sp³-hybridized carbons (Fsp3) is 0.867. The average Bonchev–Trinajstić information content (AvgIpc) is 2.84. The Morgan fingerprint density at radius 3 is 2.86 bits per heavy atom. The Balaban J connectivity index is 1.93. The lowest BCUT2D eigenvalue weighted by Crippen LogP contribution is -2.52. The molecule has 1 aliphatic carbocycles. The maximum Gasteiger partial charge on any atom is 0.239 e. The van der Waals surface area contributed by atoms with E-state index in [2.05, 4.69) is 26.8 Å². The molecule has 2 aliphatic rings. The van der Waals surface area contributed by atoms with Crippen LogP contribution in [0.25, 0.3) is 0 Å². The molecule has 3 unspecified atom stereocenters. The summed E-state index contributed by atoms with van der Waals surface area (Å²) in [6.07, 6.45) is 3.28. The summed E-state index contributed by atoms with van der Waals surface area (Å²) in [6, 6.07) is 2.15. The second-order valence-corrected chi connectivity index (χ2v) is 8.25. The summed E-state index contributed by atoms with van der Waals surface area (Å²) in [5.41, 5.74) is 0.279. The van der Waals surface area contributed by atoms with Gasteiger partial charge in [0.25, 0.3) is 0 Å². The third-order valence-corrected chi connectivity index (χ3v) is 5.51. The quantitative estimate of drug-likeness (QED) is 0.635. The van der Waals surface area contributed by atoms with Crippen molar-refractivity contribution in [3.8, 4) is 6.07 Å². The first-order valence-electron chi connectivity index (χ1n) is 7.60. The van der Waals surface area contributed by atoms with Gasteiger partial charge in [0.15, 0.2) is 0 Å². The first kappa shape index (κ1) is 16.6. The Labute approximate surface area is 131 Å². The van der Waals surface area contributed by atoms with Crippen LogP contribution in [0.3, 0.4) is 0 Å². The molecule has 1 aliphatic heterocycles. The Kier molecular flexibility index (Phi) is 5.18. The third-order valence-electron chi connectivity index (χ3n) is 4.50. The van der Waals surface area contributed by atoms with E-state index in [0.29, 0.717) is 17.5 Å². The van der Waals surface area contributed by atoms with E-state index in [9.17, 15) is 4.79 Å². The molecule has 3 atom stereocenters. The molecule has 6 heteroatoms. The summed E-state index contributed by atoms with van der Waals surface area (Å²) < 4.78 is 0. The van der Waals surface area contributed by atoms with Crippen LogP contribution in [0, 0.1) is 22.7 Å². The number of nitriles is 1. The van der Waals surface area contributed by atoms with Gasteiger partial charge >= 0.3 is 0 Å². The van der Waals surface area contributed by atoms with Gasteiger partial charge in [-0.1, -0.05) is 20.8 Å². The molecule has 0 aromatic heterocycles. The third kappa shape index (κ3) is 4.12. The fourth-order valence-corrected chi connectivity index (χ4v) is 4.82. The van der Waals surface area contributed by atoms with Crippen molar-refractivity contribution in [1.82, 2.24) is 9.91 Å². The van der Waals surface area contributed by atoms with Gasteiger partial charge in [0.05, 0.1) is 18.5 Å². The Hall–Kier alpha value is -0.770. The molecule has 2 fully saturated rings. The number of rotatable bonds is 3. The topological polar surface area (TPSA) is 73.4 Å². The van der Waals surface area contributed by atoms with Crippen molar-refractivity contribution in [2.24, 2.45) is 17.2 Å². The molecule has 0 spiro atoms. The van der Waals surface area contributed by atoms with E-state index in [1.807, 2.05) is 0 Å². The van der Waals surface area contributed by atoms with Crippen molar-refractivity contribution in [3.63, 3.8) is 0 Å². The highest BCUT2D eigenvalue weighted by molar-refractivity contribution is 7.99. The van der Waals surface area contributed by atoms with E-state index < -0.39 is 0 Å². The fourth-order valence-electron chi connectivity index (χ4n) is 3.72. The second-order valence-electron chi connectivity index (χ2n) is 7.25. The lowest BCUT2D eigenvalue weighted by atomic mass is 9.70. The van der Waals surface area contributed by atoms with Gasteiger partial charge in [0.1, 0.15) is 6.04 Å². The maximum atomic E-state index is 12.4. The van der Waals surface area contributed by atoms with Gasteiger partial charge in [-0.3, -0.25) is 10.6 Å². The zero-order valence-electron chi connectivity index (χ0n) is 13.2. The van der Waals surface area contributed by atoms with E-state index in [-0.39, 0.29) is 30.0 Å². The normalized spacial score (nSPS) is 32.2. The zero-order chi connectivity index (χ0) is 15.6. The molecule has 1 amide bonds. The van der Waals surface area contributed by atoms with Crippen LogP contribution in [0.15, 0.2) is 0 Å². The molecule has 5 nitrogen and oxygen atoms in total. The summed E-state index contributed by atoms with van der Waals surface area (Å²) in [7, 11) is 0. The molecule has 2 rings (SSSR count). The summed E-state index contributed by atoms with van der Waals surface area (Å²) in [5.74, 6) is 8.11. The molecule has 21 heavy (non-hydrogen) atoms. The van der Waals surface area contributed by atoms with Crippen LogP contribution in [0.1, 0.15) is 40.0 Å². The SMILES string of the molecule is CC1CC(N(N)CC(=O)N2CSCC2C#N)CC(C)(C)C1. The first-order valence-corrected chi connectivity index (χ1v) is 8.76. The number of amides is 1. The van der Waals surface area contributed by atoms with Crippen molar-refractivity contribution in [1.29, 1.82) is 5.26 Å². The molecule has 1 saturated heterocycles. The lowest BCUT2D eigenvalue weighted by Gasteiger charge is -2.42. The van der Waals surface area contributed by atoms with Crippen molar-refractivity contribution in [3.05, 3.63) is 0 Å². The van der Waals surface area contributed by atoms with Crippen molar-refractivity contribution < 1.29 is 4.79 Å². The molecule has 0 radical (unpaired) electrons. The predicted octanol–water partition coefficient (Wildman–Crippen LogP) is 1.80. The van der Waals surface area contributed by atoms with Crippen LogP contribution in [0.4, 0.5) is 0 Å². The van der Waals surface area contributed by atoms with Gasteiger partial charge in [-0.05, 0) is 30.6 Å². The number of thioether (sulfide) groups is 1. The first-order chi connectivity index (χ1) is 9.82. The van der Waals surface area contributed by atoms with Gasteiger partial charge in [-0.15, -0.1) is 11.8 Å². The molecule has 118 valence electrons. The number of hydrogen-bond acceptors (Lipinski definition) is 5. The highest BCUT2D eigenvalue weighted by Gasteiger charge is 2.36. The van der Waals surface area contributed by atoms with Crippen molar-refractivity contribution in [2.45, 2.75) is 52.1 Å². The minimum Gasteiger partial charge on any atom is -0.315 e. The van der Waals surface area contributed by atoms with E-state index in [0.717, 1.165) is 12.8 Å². The van der Waals surface area contributed by atoms with E-state index in [1.54, 1.807) is 21.7 Å². The van der Waals surface area contributed by atoms with Crippen LogP contribution in [-0.4, -0.2) is 46.1 Å². The zero-order valence-corrected chi connectivity index (χ0v) is 14.0. The second kappa shape index (κ2) is 6.55. The average molecular weight is 310 g/mol. The molecule has 1 heterocycles. The summed E-state index contributed by atoms with van der Waals surface area (Å²) in [6.45, 7) is 7.01. The highest BCUT2D eigenvalue weighted by Crippen LogP contribution is 2.39. The standard InChI is InChI=1S/C15H26N4OS/c1-11-4-12(6-15(2,3)5-11)19(17)8-14(20)18-10-21-9-13(18)7-16/h11-13H,4-6,8-10,17H2,1-3H3. The molecular weight excluding hydrogens is 284 g/mol. The molecular formula is C15H26N4OS. The number of hydrazine groups is 1. The van der Waals surface area contributed by atoms with Crippen LogP contribution in [-0.2, 0) is 4.79 Å². The monoisotopic (exact) mass is 310 g/mol. The molecule has 0 bridgehead atoms. The Morgan fingerprint density at radius 2 is 2.24 bits per heavy atom. The maximum absolute atomic E-state index is 12.4. The smallest absolute Gasteiger partial charge is 0.239 e. The Morgan fingerprint density at radius 1 is 1.52 bits per heavy atom. The van der Waals surface area contributed by atoms with Crippen LogP contribution in [0.5, 0.6) is 0 Å². The minimum atomic E-state index is -0.294. The largest absolute Gasteiger partial charge is 0.315 e. The van der Waals surface area contributed by atoms with Gasteiger partial charge in [-0.25, -0.2) is 5.01 Å². The molecule has 2 N–H and O–H groups in total. The number of nitrogens with two attached hydrogens (primary N) is 1. The van der Waals surface area contributed by atoms with Crippen molar-refractivity contribution >= 4 is 17.7 Å². The van der Waals surface area contributed by atoms with E-state index >= 15 is 0 Å². The number of carbonyl (C=O) groups excluding carboxylic acids is 1. The van der Waals surface area contributed by atoms with E-state index in [4.69, 9.17) is 11.1 Å². The lowest BCUT2D eigenvalue weighted by molar-refractivity contribution is -0.133. The minimum absolute atomic E-state index is 0.0231. The summed E-state index contributed by atoms with van der Waals surface area (Å²) >= 11 is 1.63. The van der Waals surface area contributed by atoms with E-state index in [1.165, 1.54) is 6.42 Å². The predicted molar refractivity (Wildman–Crippen MR) is 85.0 cm³/mol. The Bertz CT molecular complexity index is 434. The molecule has 1 saturated carbocycles. The van der Waals surface area contributed by atoms with Crippen LogP contribution in [0.2, 0.25) is 0 Å². The van der Waals surface area contributed by atoms with Crippen molar-refractivity contribution in [2.75, 3.05) is 18.2 Å². The molecule has 0 aromatic rings. The number of carbonyl (C=O) groups is 1. The van der Waals surface area contributed by atoms with Crippen LogP contribution >= 0.6 is 11.8 Å². The van der Waals surface area contributed by atoms with Gasteiger partial charge < -0.3 is 4.90 Å². The molecule has 0 aromatic carbocycles. The van der Waals surface area contributed by atoms with Gasteiger partial charge in [0.2, 0.25) is 5.91 Å². The van der Waals surface area contributed by atoms with Gasteiger partial charge in [0, 0.05) is 11.8 Å². The highest BCUT2D eigenvalue weighted by atomic mass is 32.2. The number of hydrogen-bond donors (Lipinski definition) is 1. The van der Waals surface area contributed by atoms with Gasteiger partial charge in [-0.2, -0.15) is 5.26 Å². The summed E-state index contributed by atoms with van der Waals surface area (Å²) in [5, 5.41) is 10.8. The number of nitrogens with zero attached hydrogens (tertiary/aromatic N) is 3. The van der Waals surface area contributed by atoms with Crippen LogP contribution < -0.4 is 5.84 Å². The summed E-state index contributed by atoms with van der Waals surface area (Å²) in [4.78, 5) is 14.0.